The van der Waals surface area contributed by atoms with Gasteiger partial charge >= 0.3 is 35.1 Å². The van der Waals surface area contributed by atoms with Gasteiger partial charge < -0.3 is 10.1 Å². The van der Waals surface area contributed by atoms with Crippen molar-refractivity contribution in [3.05, 3.63) is 62.4 Å². The van der Waals surface area contributed by atoms with Gasteiger partial charge in [-0.05, 0) is 12.1 Å². The Morgan fingerprint density at radius 3 is 2.56 bits per heavy atom. The second-order valence-corrected chi connectivity index (χ2v) is 2.87. The Morgan fingerprint density at radius 2 is 1.88 bits per heavy atom. The fourth-order valence-corrected chi connectivity index (χ4v) is 1.34. The number of aromatic nitrogens is 1. The van der Waals surface area contributed by atoms with Crippen LogP contribution in [0.3, 0.4) is 0 Å². The van der Waals surface area contributed by atoms with Crippen molar-refractivity contribution in [1.82, 2.24) is 4.68 Å². The zero-order valence-electron chi connectivity index (χ0n) is 8.53. The number of rotatable bonds is 2. The first-order chi connectivity index (χ1) is 7.18. The molecule has 1 heterocycles. The molecule has 7 heteroatoms. The van der Waals surface area contributed by atoms with Gasteiger partial charge in [-0.1, -0.05) is 18.2 Å². The molecule has 0 aliphatic heterocycles. The molecule has 0 bridgehead atoms. The molecule has 0 fully saturated rings. The monoisotopic (exact) mass is 227 g/mol. The van der Waals surface area contributed by atoms with Gasteiger partial charge in [0.25, 0.3) is 0 Å². The number of fused-ring (bicyclic) bond motifs is 1. The van der Waals surface area contributed by atoms with Crippen LogP contribution in [0.4, 0.5) is 0 Å². The Morgan fingerprint density at radius 1 is 1.19 bits per heavy atom. The summed E-state index contributed by atoms with van der Waals surface area (Å²) in [5.41, 5.74) is 2.91. The number of hydrogen-bond donors (Lipinski definition) is 0. The Kier molecular flexibility index (Phi) is 4.05. The second kappa shape index (κ2) is 5.11. The largest absolute Gasteiger partial charge is 1.00 e. The smallest absolute Gasteiger partial charge is 0.373 e. The molecule has 0 aliphatic rings. The van der Waals surface area contributed by atoms with Crippen LogP contribution in [0.25, 0.3) is 16.4 Å². The van der Waals surface area contributed by atoms with E-state index in [4.69, 9.17) is 0 Å². The van der Waals surface area contributed by atoms with Crippen molar-refractivity contribution in [1.29, 1.82) is 0 Å². The third-order valence-corrected chi connectivity index (χ3v) is 1.94. The quantitative estimate of drug-likeness (QED) is 0.349. The van der Waals surface area contributed by atoms with Crippen LogP contribution in [0.15, 0.2) is 41.2 Å². The molecular weight excluding hydrogens is 221 g/mol. The maximum absolute atomic E-state index is 11.3. The number of benzene rings is 1. The fourth-order valence-electron chi connectivity index (χ4n) is 1.34. The van der Waals surface area contributed by atoms with Crippen molar-refractivity contribution in [3.8, 4) is 0 Å². The van der Waals surface area contributed by atoms with E-state index in [1.807, 2.05) is 0 Å². The molecule has 0 saturated carbocycles. The third-order valence-electron chi connectivity index (χ3n) is 1.94. The average Bonchev–Trinajstić information content (AvgIpc) is 2.22. The van der Waals surface area contributed by atoms with Crippen molar-refractivity contribution >= 4 is 10.9 Å². The van der Waals surface area contributed by atoms with Crippen molar-refractivity contribution in [2.45, 2.75) is 0 Å². The van der Waals surface area contributed by atoms with Crippen LogP contribution >= 0.6 is 0 Å². The van der Waals surface area contributed by atoms with Crippen LogP contribution in [0.1, 0.15) is 0 Å². The van der Waals surface area contributed by atoms with E-state index in [1.54, 1.807) is 30.3 Å². The number of pyridine rings is 1. The summed E-state index contributed by atoms with van der Waals surface area (Å²) < 4.78 is 0.773. The van der Waals surface area contributed by atoms with E-state index in [1.165, 1.54) is 6.07 Å². The van der Waals surface area contributed by atoms with E-state index in [0.29, 0.717) is 5.52 Å². The molecule has 0 N–H and O–H groups in total. The van der Waals surface area contributed by atoms with E-state index in [0.717, 1.165) is 10.1 Å². The van der Waals surface area contributed by atoms with Gasteiger partial charge in [0.2, 0.25) is 0 Å². The number of hydrogen-bond acceptors (Lipinski definition) is 3. The maximum atomic E-state index is 11.3. The molecule has 0 unspecified atom stereocenters. The Labute approximate surface area is 112 Å². The van der Waals surface area contributed by atoms with Gasteiger partial charge in [0.05, 0.1) is 0 Å². The van der Waals surface area contributed by atoms with Crippen molar-refractivity contribution < 1.29 is 34.6 Å². The first-order valence-electron chi connectivity index (χ1n) is 4.15. The summed E-state index contributed by atoms with van der Waals surface area (Å²) in [5.74, 6) is 0. The van der Waals surface area contributed by atoms with E-state index in [-0.39, 0.29) is 29.6 Å². The van der Waals surface area contributed by atoms with E-state index < -0.39 is 10.6 Å². The maximum Gasteiger partial charge on any atom is 1.00 e. The molecule has 16 heavy (non-hydrogen) atoms. The number of para-hydroxylation sites is 1. The number of nitro groups is 1. The number of nitrogens with zero attached hydrogens (tertiary/aromatic N) is 3. The molecule has 0 amide bonds. The molecule has 0 spiro atoms. The van der Waals surface area contributed by atoms with Crippen LogP contribution < -0.4 is 35.1 Å². The molecule has 1 aromatic heterocycles. The zero-order chi connectivity index (χ0) is 10.8. The van der Waals surface area contributed by atoms with Gasteiger partial charge in [0, 0.05) is 11.5 Å². The van der Waals surface area contributed by atoms with E-state index in [2.05, 4.69) is 5.53 Å². The van der Waals surface area contributed by atoms with Crippen molar-refractivity contribution in [3.63, 3.8) is 0 Å². The Hall–Kier alpha value is -1.37. The van der Waals surface area contributed by atoms with Gasteiger partial charge in [-0.15, -0.1) is 5.03 Å². The molecule has 0 atom stereocenters. The zero-order valence-corrected chi connectivity index (χ0v) is 10.5. The van der Waals surface area contributed by atoms with Gasteiger partial charge in [-0.25, -0.2) is 9.47 Å². The van der Waals surface area contributed by atoms with Gasteiger partial charge in [-0.2, -0.15) is 0 Å². The Bertz CT molecular complexity index is 581. The molecule has 6 nitrogen and oxygen atoms in total. The van der Waals surface area contributed by atoms with Crippen molar-refractivity contribution in [2.24, 2.45) is 0 Å². The van der Waals surface area contributed by atoms with E-state index >= 15 is 0 Å². The van der Waals surface area contributed by atoms with Gasteiger partial charge in [0.15, 0.2) is 0 Å². The first kappa shape index (κ1) is 12.7. The standard InChI is InChI=1S/C9H6N3O3.Na/c13-9-6-5-7-3-1-2-4-8(7)11(9)10-12(14)15;/h1-6H;/q-1;+1. The summed E-state index contributed by atoms with van der Waals surface area (Å²) in [6, 6.07) is 9.67. The predicted molar refractivity (Wildman–Crippen MR) is 54.0 cm³/mol. The molecule has 2 rings (SSSR count). The molecule has 0 saturated heterocycles. The summed E-state index contributed by atoms with van der Waals surface area (Å²) in [6.07, 6.45) is 0. The van der Waals surface area contributed by atoms with Crippen molar-refractivity contribution in [2.75, 3.05) is 0 Å². The topological polar surface area (TPSA) is 79.2 Å². The normalized spacial score (nSPS) is 9.50. The SMILES string of the molecule is O=c1ccc2ccccc2n1[N-][N+](=O)[O-].[Na+]. The summed E-state index contributed by atoms with van der Waals surface area (Å²) in [6.45, 7) is 0. The molecule has 0 aliphatic carbocycles. The summed E-state index contributed by atoms with van der Waals surface area (Å²) in [7, 11) is 0. The summed E-state index contributed by atoms with van der Waals surface area (Å²) in [4.78, 5) is 21.6. The molecule has 76 valence electrons. The average molecular weight is 227 g/mol. The van der Waals surface area contributed by atoms with E-state index in [9.17, 15) is 14.9 Å². The van der Waals surface area contributed by atoms with Gasteiger partial charge in [-0.3, -0.25) is 5.53 Å². The minimum absolute atomic E-state index is 0. The molecular formula is C9H6N3NaO3. The molecule has 0 radical (unpaired) electrons. The second-order valence-electron chi connectivity index (χ2n) is 2.87. The summed E-state index contributed by atoms with van der Waals surface area (Å²) >= 11 is 0. The Balaban J connectivity index is 0.00000128. The fraction of sp³-hybridized carbons (Fsp3) is 0. The predicted octanol–water partition coefficient (Wildman–Crippen LogP) is -1.67. The molecule has 1 aromatic carbocycles. The van der Waals surface area contributed by atoms with Crippen LogP contribution in [0.5, 0.6) is 0 Å². The molecule has 2 aromatic rings. The minimum Gasteiger partial charge on any atom is -0.373 e. The minimum atomic E-state index is -0.895. The van der Waals surface area contributed by atoms with Crippen LogP contribution in [0, 0.1) is 10.1 Å². The van der Waals surface area contributed by atoms with Crippen LogP contribution in [-0.2, 0) is 0 Å². The first-order valence-corrected chi connectivity index (χ1v) is 4.15. The third kappa shape index (κ3) is 2.41. The van der Waals surface area contributed by atoms with Crippen LogP contribution in [0.2, 0.25) is 0 Å². The van der Waals surface area contributed by atoms with Crippen LogP contribution in [-0.4, -0.2) is 9.71 Å². The van der Waals surface area contributed by atoms with Gasteiger partial charge in [0.1, 0.15) is 5.52 Å². The summed E-state index contributed by atoms with van der Waals surface area (Å²) in [5, 5.41) is 10.1.